The number of unbranched alkanes of at least 4 members (excludes halogenated alkanes) is 4. The molecule has 4 rings (SSSR count). The van der Waals surface area contributed by atoms with Crippen LogP contribution in [0.5, 0.6) is 0 Å². The van der Waals surface area contributed by atoms with Crippen molar-refractivity contribution in [3.63, 3.8) is 0 Å². The number of nitrogens with zero attached hydrogens (tertiary/aromatic N) is 3. The largest absolute Gasteiger partial charge is 0.421 e. The van der Waals surface area contributed by atoms with Crippen LogP contribution in [-0.4, -0.2) is 29.8 Å². The lowest BCUT2D eigenvalue weighted by Crippen LogP contribution is -2.37. The number of benzene rings is 3. The molecular formula is C32H39N5O2. The van der Waals surface area contributed by atoms with Gasteiger partial charge in [0.25, 0.3) is 0 Å². The Labute approximate surface area is 231 Å². The number of para-hydroxylation sites is 1. The molecule has 0 saturated heterocycles. The molecule has 0 aliphatic rings. The molecule has 0 bridgehead atoms. The van der Waals surface area contributed by atoms with Gasteiger partial charge in [0.05, 0.1) is 11.3 Å². The minimum absolute atomic E-state index is 0.0797. The predicted molar refractivity (Wildman–Crippen MR) is 159 cm³/mol. The van der Waals surface area contributed by atoms with E-state index in [1.54, 1.807) is 4.90 Å². The van der Waals surface area contributed by atoms with Crippen LogP contribution in [0.25, 0.3) is 22.6 Å². The topological polar surface area (TPSA) is 83.3 Å². The van der Waals surface area contributed by atoms with E-state index in [0.717, 1.165) is 59.4 Å². The van der Waals surface area contributed by atoms with Crippen LogP contribution in [0.2, 0.25) is 0 Å². The SMILES string of the molecule is CCCCCCCNC(=O)N(C)c1cccc(-c2ccc(Nc3ccccc3-c3nnc(CCC)o3)cc2)c1. The van der Waals surface area contributed by atoms with Crippen molar-refractivity contribution in [3.05, 3.63) is 78.7 Å². The summed E-state index contributed by atoms with van der Waals surface area (Å²) in [6.07, 6.45) is 7.60. The second kappa shape index (κ2) is 14.1. The van der Waals surface area contributed by atoms with E-state index in [1.807, 2.05) is 61.6 Å². The van der Waals surface area contributed by atoms with Crippen molar-refractivity contribution in [2.75, 3.05) is 23.8 Å². The Kier molecular flexibility index (Phi) is 10.1. The summed E-state index contributed by atoms with van der Waals surface area (Å²) < 4.78 is 5.86. The van der Waals surface area contributed by atoms with Crippen LogP contribution in [0.3, 0.4) is 0 Å². The van der Waals surface area contributed by atoms with Gasteiger partial charge in [-0.3, -0.25) is 4.90 Å². The fourth-order valence-corrected chi connectivity index (χ4v) is 4.41. The van der Waals surface area contributed by atoms with Crippen molar-refractivity contribution in [3.8, 4) is 22.6 Å². The molecule has 204 valence electrons. The van der Waals surface area contributed by atoms with Gasteiger partial charge >= 0.3 is 6.03 Å². The number of aromatic nitrogens is 2. The van der Waals surface area contributed by atoms with E-state index in [9.17, 15) is 4.79 Å². The number of anilines is 3. The van der Waals surface area contributed by atoms with Gasteiger partial charge < -0.3 is 15.1 Å². The zero-order valence-electron chi connectivity index (χ0n) is 23.2. The molecule has 2 N–H and O–H groups in total. The molecule has 7 nitrogen and oxygen atoms in total. The van der Waals surface area contributed by atoms with Crippen LogP contribution in [0.15, 0.2) is 77.2 Å². The van der Waals surface area contributed by atoms with Gasteiger partial charge in [0.15, 0.2) is 0 Å². The Hall–Kier alpha value is -4.13. The normalized spacial score (nSPS) is 10.8. The first-order valence-corrected chi connectivity index (χ1v) is 14.0. The summed E-state index contributed by atoms with van der Waals surface area (Å²) in [6, 6.07) is 24.1. The van der Waals surface area contributed by atoms with Crippen molar-refractivity contribution < 1.29 is 9.21 Å². The molecule has 1 heterocycles. The van der Waals surface area contributed by atoms with E-state index in [4.69, 9.17) is 4.42 Å². The number of rotatable bonds is 13. The molecule has 0 aliphatic heterocycles. The van der Waals surface area contributed by atoms with Crippen LogP contribution < -0.4 is 15.5 Å². The van der Waals surface area contributed by atoms with Crippen molar-refractivity contribution in [2.45, 2.75) is 58.8 Å². The van der Waals surface area contributed by atoms with Crippen LogP contribution >= 0.6 is 0 Å². The Morgan fingerprint density at radius 1 is 0.846 bits per heavy atom. The summed E-state index contributed by atoms with van der Waals surface area (Å²) in [5.41, 5.74) is 5.69. The molecule has 3 aromatic carbocycles. The number of amides is 2. The number of carbonyl (C=O) groups is 1. The summed E-state index contributed by atoms with van der Waals surface area (Å²) in [7, 11) is 1.81. The summed E-state index contributed by atoms with van der Waals surface area (Å²) >= 11 is 0. The van der Waals surface area contributed by atoms with Gasteiger partial charge in [-0.15, -0.1) is 10.2 Å². The molecule has 0 radical (unpaired) electrons. The van der Waals surface area contributed by atoms with E-state index in [1.165, 1.54) is 19.3 Å². The van der Waals surface area contributed by atoms with Crippen LogP contribution in [0, 0.1) is 0 Å². The summed E-state index contributed by atoms with van der Waals surface area (Å²) in [6.45, 7) is 5.00. The minimum Gasteiger partial charge on any atom is -0.421 e. The molecule has 7 heteroatoms. The van der Waals surface area contributed by atoms with E-state index in [0.29, 0.717) is 18.3 Å². The van der Waals surface area contributed by atoms with Gasteiger partial charge in [0.2, 0.25) is 11.8 Å². The van der Waals surface area contributed by atoms with Crippen molar-refractivity contribution in [1.82, 2.24) is 15.5 Å². The Bertz CT molecular complexity index is 1330. The highest BCUT2D eigenvalue weighted by Crippen LogP contribution is 2.31. The highest BCUT2D eigenvalue weighted by atomic mass is 16.4. The standard InChI is InChI=1S/C32H39N5O2/c1-4-6-7-8-11-22-33-32(38)37(3)27-15-12-14-25(23-27)24-18-20-26(21-19-24)34-29-17-10-9-16-28(29)31-36-35-30(39-31)13-5-2/h9-10,12,14-21,23,34H,4-8,11,13,22H2,1-3H3,(H,33,38). The number of nitrogens with one attached hydrogen (secondary N) is 2. The third-order valence-corrected chi connectivity index (χ3v) is 6.68. The lowest BCUT2D eigenvalue weighted by Gasteiger charge is -2.19. The lowest BCUT2D eigenvalue weighted by molar-refractivity contribution is 0.247. The number of aryl methyl sites for hydroxylation is 1. The first kappa shape index (κ1) is 27.9. The molecule has 2 amide bonds. The predicted octanol–water partition coefficient (Wildman–Crippen LogP) is 8.22. The molecule has 4 aromatic rings. The minimum atomic E-state index is -0.0797. The first-order valence-electron chi connectivity index (χ1n) is 14.0. The molecular weight excluding hydrogens is 486 g/mol. The average Bonchev–Trinajstić information content (AvgIpc) is 3.44. The van der Waals surface area contributed by atoms with Crippen LogP contribution in [-0.2, 0) is 6.42 Å². The number of urea groups is 1. The zero-order valence-corrected chi connectivity index (χ0v) is 23.2. The molecule has 0 saturated carbocycles. The Balaban J connectivity index is 1.40. The fourth-order valence-electron chi connectivity index (χ4n) is 4.41. The molecule has 1 aromatic heterocycles. The van der Waals surface area contributed by atoms with E-state index >= 15 is 0 Å². The van der Waals surface area contributed by atoms with Crippen LogP contribution in [0.1, 0.15) is 58.3 Å². The maximum atomic E-state index is 12.7. The van der Waals surface area contributed by atoms with Crippen molar-refractivity contribution in [2.24, 2.45) is 0 Å². The van der Waals surface area contributed by atoms with Gasteiger partial charge in [-0.1, -0.05) is 75.9 Å². The molecule has 0 unspecified atom stereocenters. The van der Waals surface area contributed by atoms with E-state index < -0.39 is 0 Å². The smallest absolute Gasteiger partial charge is 0.321 e. The highest BCUT2D eigenvalue weighted by molar-refractivity contribution is 5.92. The number of hydrogen-bond acceptors (Lipinski definition) is 5. The van der Waals surface area contributed by atoms with E-state index in [2.05, 4.69) is 52.9 Å². The summed E-state index contributed by atoms with van der Waals surface area (Å²) in [4.78, 5) is 14.3. The third kappa shape index (κ3) is 7.69. The lowest BCUT2D eigenvalue weighted by atomic mass is 10.0. The Morgan fingerprint density at radius 2 is 1.64 bits per heavy atom. The maximum Gasteiger partial charge on any atom is 0.321 e. The second-order valence-electron chi connectivity index (χ2n) is 9.75. The quantitative estimate of drug-likeness (QED) is 0.172. The average molecular weight is 526 g/mol. The molecule has 0 fully saturated rings. The van der Waals surface area contributed by atoms with Crippen LogP contribution in [0.4, 0.5) is 21.9 Å². The maximum absolute atomic E-state index is 12.7. The Morgan fingerprint density at radius 3 is 2.44 bits per heavy atom. The van der Waals surface area contributed by atoms with Gasteiger partial charge in [-0.05, 0) is 60.4 Å². The first-order chi connectivity index (χ1) is 19.1. The number of hydrogen-bond donors (Lipinski definition) is 2. The molecule has 0 aliphatic carbocycles. The zero-order chi connectivity index (χ0) is 27.5. The molecule has 39 heavy (non-hydrogen) atoms. The second-order valence-corrected chi connectivity index (χ2v) is 9.75. The molecule has 0 spiro atoms. The van der Waals surface area contributed by atoms with Gasteiger partial charge in [-0.2, -0.15) is 0 Å². The fraction of sp³-hybridized carbons (Fsp3) is 0.344. The summed E-state index contributed by atoms with van der Waals surface area (Å²) in [5, 5.41) is 14.9. The van der Waals surface area contributed by atoms with E-state index in [-0.39, 0.29) is 6.03 Å². The highest BCUT2D eigenvalue weighted by Gasteiger charge is 2.13. The number of carbonyl (C=O) groups excluding carboxylic acids is 1. The van der Waals surface area contributed by atoms with Gasteiger partial charge in [0, 0.05) is 31.4 Å². The summed E-state index contributed by atoms with van der Waals surface area (Å²) in [5.74, 6) is 1.17. The van der Waals surface area contributed by atoms with Gasteiger partial charge in [0.1, 0.15) is 0 Å². The van der Waals surface area contributed by atoms with Crippen molar-refractivity contribution in [1.29, 1.82) is 0 Å². The van der Waals surface area contributed by atoms with Gasteiger partial charge in [-0.25, -0.2) is 4.79 Å². The molecule has 0 atom stereocenters. The third-order valence-electron chi connectivity index (χ3n) is 6.68. The van der Waals surface area contributed by atoms with Crippen molar-refractivity contribution >= 4 is 23.1 Å². The monoisotopic (exact) mass is 525 g/mol.